The second-order valence-corrected chi connectivity index (χ2v) is 5.89. The molecule has 0 saturated carbocycles. The molecule has 0 aliphatic heterocycles. The lowest BCUT2D eigenvalue weighted by molar-refractivity contribution is 0.449. The van der Waals surface area contributed by atoms with Gasteiger partial charge in [-0.2, -0.15) is 0 Å². The van der Waals surface area contributed by atoms with Gasteiger partial charge >= 0.3 is 0 Å². The summed E-state index contributed by atoms with van der Waals surface area (Å²) in [4.78, 5) is 0. The Kier molecular flexibility index (Phi) is 5.23. The van der Waals surface area contributed by atoms with Gasteiger partial charge in [-0.3, -0.25) is 0 Å². The van der Waals surface area contributed by atoms with E-state index in [1.54, 1.807) is 7.05 Å². The Morgan fingerprint density at radius 2 is 1.07 bits per heavy atom. The van der Waals surface area contributed by atoms with Crippen molar-refractivity contribution in [2.45, 2.75) is 6.54 Å². The van der Waals surface area contributed by atoms with Crippen molar-refractivity contribution in [2.75, 3.05) is 7.05 Å². The first kappa shape index (κ1) is 19.0. The topological polar surface area (TPSA) is 12.0 Å². The van der Waals surface area contributed by atoms with Crippen LogP contribution in [0.4, 0.5) is 26.3 Å². The standard InChI is InChI=1S/C20H13F6N/c1-27-9-10-6-11(13-2-4-15(21)19(25)17(13)23)8-12(7-10)14-3-5-16(22)20(26)18(14)24/h2-8,27H,9H2,1H3. The molecule has 3 aromatic rings. The quantitative estimate of drug-likeness (QED) is 0.460. The van der Waals surface area contributed by atoms with E-state index < -0.39 is 34.9 Å². The smallest absolute Gasteiger partial charge is 0.195 e. The van der Waals surface area contributed by atoms with Crippen LogP contribution in [0, 0.1) is 34.9 Å². The lowest BCUT2D eigenvalue weighted by Crippen LogP contribution is -2.06. The molecule has 140 valence electrons. The van der Waals surface area contributed by atoms with Crippen LogP contribution < -0.4 is 5.32 Å². The molecular formula is C20H13F6N. The lowest BCUT2D eigenvalue weighted by atomic mass is 9.95. The average Bonchev–Trinajstić information content (AvgIpc) is 2.64. The summed E-state index contributed by atoms with van der Waals surface area (Å²) in [5.74, 6) is -8.73. The SMILES string of the molecule is CNCc1cc(-c2ccc(F)c(F)c2F)cc(-c2ccc(F)c(F)c2F)c1. The molecule has 0 atom stereocenters. The van der Waals surface area contributed by atoms with Crippen LogP contribution in [0.2, 0.25) is 0 Å². The largest absolute Gasteiger partial charge is 0.316 e. The Labute approximate surface area is 151 Å². The van der Waals surface area contributed by atoms with Crippen LogP contribution in [0.15, 0.2) is 42.5 Å². The van der Waals surface area contributed by atoms with Crippen molar-refractivity contribution < 1.29 is 26.3 Å². The molecule has 0 radical (unpaired) electrons. The summed E-state index contributed by atoms with van der Waals surface area (Å²) < 4.78 is 82.0. The maximum absolute atomic E-state index is 14.2. The van der Waals surface area contributed by atoms with E-state index in [0.717, 1.165) is 24.3 Å². The fraction of sp³-hybridized carbons (Fsp3) is 0.100. The lowest BCUT2D eigenvalue weighted by Gasteiger charge is -2.12. The Bertz CT molecular complexity index is 940. The first-order valence-corrected chi connectivity index (χ1v) is 7.89. The fourth-order valence-electron chi connectivity index (χ4n) is 2.81. The van der Waals surface area contributed by atoms with Crippen molar-refractivity contribution in [1.29, 1.82) is 0 Å². The predicted octanol–water partition coefficient (Wildman–Crippen LogP) is 5.57. The zero-order valence-electron chi connectivity index (χ0n) is 14.0. The second-order valence-electron chi connectivity index (χ2n) is 5.89. The van der Waals surface area contributed by atoms with E-state index in [1.807, 2.05) is 0 Å². The van der Waals surface area contributed by atoms with Crippen molar-refractivity contribution in [2.24, 2.45) is 0 Å². The number of hydrogen-bond donors (Lipinski definition) is 1. The van der Waals surface area contributed by atoms with Crippen molar-refractivity contribution in [3.05, 3.63) is 82.9 Å². The maximum atomic E-state index is 14.2. The summed E-state index contributed by atoms with van der Waals surface area (Å²) in [6.07, 6.45) is 0. The third-order valence-electron chi connectivity index (χ3n) is 4.07. The van der Waals surface area contributed by atoms with Crippen LogP contribution in [0.1, 0.15) is 5.56 Å². The molecule has 0 aliphatic rings. The summed E-state index contributed by atoms with van der Waals surface area (Å²) in [5, 5.41) is 2.86. The number of halogens is 6. The first-order valence-electron chi connectivity index (χ1n) is 7.89. The molecule has 0 heterocycles. The van der Waals surface area contributed by atoms with Crippen LogP contribution in [-0.4, -0.2) is 7.05 Å². The van der Waals surface area contributed by atoms with Gasteiger partial charge in [0, 0.05) is 17.7 Å². The third-order valence-corrected chi connectivity index (χ3v) is 4.07. The highest BCUT2D eigenvalue weighted by Gasteiger charge is 2.19. The Hall–Kier alpha value is -2.80. The van der Waals surface area contributed by atoms with E-state index >= 15 is 0 Å². The van der Waals surface area contributed by atoms with Gasteiger partial charge in [0.2, 0.25) is 0 Å². The molecule has 0 bridgehead atoms. The van der Waals surface area contributed by atoms with Crippen molar-refractivity contribution in [3.8, 4) is 22.3 Å². The molecule has 0 saturated heterocycles. The second kappa shape index (κ2) is 7.44. The minimum absolute atomic E-state index is 0.137. The molecule has 3 aromatic carbocycles. The molecule has 7 heteroatoms. The summed E-state index contributed by atoms with van der Waals surface area (Å²) in [6.45, 7) is 0.289. The van der Waals surface area contributed by atoms with Crippen LogP contribution in [0.5, 0.6) is 0 Å². The molecule has 0 spiro atoms. The summed E-state index contributed by atoms with van der Waals surface area (Å²) in [7, 11) is 1.64. The number of nitrogens with one attached hydrogen (secondary N) is 1. The van der Waals surface area contributed by atoms with Gasteiger partial charge in [0.25, 0.3) is 0 Å². The van der Waals surface area contributed by atoms with Crippen LogP contribution >= 0.6 is 0 Å². The van der Waals surface area contributed by atoms with Gasteiger partial charge < -0.3 is 5.32 Å². The van der Waals surface area contributed by atoms with Crippen LogP contribution in [0.25, 0.3) is 22.3 Å². The number of benzene rings is 3. The highest BCUT2D eigenvalue weighted by Crippen LogP contribution is 2.33. The molecule has 1 N–H and O–H groups in total. The molecule has 27 heavy (non-hydrogen) atoms. The van der Waals surface area contributed by atoms with E-state index in [9.17, 15) is 26.3 Å². The van der Waals surface area contributed by atoms with E-state index in [2.05, 4.69) is 5.32 Å². The zero-order valence-corrected chi connectivity index (χ0v) is 14.0. The van der Waals surface area contributed by atoms with Crippen molar-refractivity contribution >= 4 is 0 Å². The van der Waals surface area contributed by atoms with E-state index in [0.29, 0.717) is 5.56 Å². The fourth-order valence-corrected chi connectivity index (χ4v) is 2.81. The molecule has 0 aromatic heterocycles. The van der Waals surface area contributed by atoms with Crippen molar-refractivity contribution in [1.82, 2.24) is 5.32 Å². The van der Waals surface area contributed by atoms with Gasteiger partial charge in [0.15, 0.2) is 34.9 Å². The summed E-state index contributed by atoms with van der Waals surface area (Å²) >= 11 is 0. The molecule has 1 nitrogen and oxygen atoms in total. The summed E-state index contributed by atoms with van der Waals surface area (Å²) in [5.41, 5.74) is 0.349. The highest BCUT2D eigenvalue weighted by molar-refractivity contribution is 5.75. The zero-order chi connectivity index (χ0) is 19.7. The highest BCUT2D eigenvalue weighted by atomic mass is 19.2. The molecule has 0 unspecified atom stereocenters. The van der Waals surface area contributed by atoms with Gasteiger partial charge in [0.1, 0.15) is 0 Å². The van der Waals surface area contributed by atoms with Gasteiger partial charge in [-0.1, -0.05) is 0 Å². The molecule has 0 aliphatic carbocycles. The average molecular weight is 381 g/mol. The molecule has 0 fully saturated rings. The Balaban J connectivity index is 2.23. The minimum atomic E-state index is -1.63. The monoisotopic (exact) mass is 381 g/mol. The van der Waals surface area contributed by atoms with Gasteiger partial charge in [-0.15, -0.1) is 0 Å². The Morgan fingerprint density at radius 3 is 1.48 bits per heavy atom. The van der Waals surface area contributed by atoms with Gasteiger partial charge in [0.05, 0.1) is 0 Å². The molecular weight excluding hydrogens is 368 g/mol. The van der Waals surface area contributed by atoms with Crippen LogP contribution in [0.3, 0.4) is 0 Å². The molecule has 3 rings (SSSR count). The van der Waals surface area contributed by atoms with E-state index in [4.69, 9.17) is 0 Å². The van der Waals surface area contributed by atoms with Crippen molar-refractivity contribution in [3.63, 3.8) is 0 Å². The first-order chi connectivity index (χ1) is 12.8. The maximum Gasteiger partial charge on any atom is 0.195 e. The summed E-state index contributed by atoms with van der Waals surface area (Å²) in [6, 6.07) is 7.97. The molecule has 0 amide bonds. The number of hydrogen-bond acceptors (Lipinski definition) is 1. The van der Waals surface area contributed by atoms with Gasteiger partial charge in [-0.05, 0) is 66.2 Å². The van der Waals surface area contributed by atoms with Crippen LogP contribution in [-0.2, 0) is 6.54 Å². The minimum Gasteiger partial charge on any atom is -0.316 e. The number of rotatable bonds is 4. The Morgan fingerprint density at radius 1 is 0.630 bits per heavy atom. The van der Waals surface area contributed by atoms with E-state index in [-0.39, 0.29) is 28.8 Å². The normalized spacial score (nSPS) is 11.1. The van der Waals surface area contributed by atoms with E-state index in [1.165, 1.54) is 18.2 Å². The third kappa shape index (κ3) is 3.55. The van der Waals surface area contributed by atoms with Gasteiger partial charge in [-0.25, -0.2) is 26.3 Å². The predicted molar refractivity (Wildman–Crippen MR) is 89.8 cm³/mol.